The van der Waals surface area contributed by atoms with Gasteiger partial charge in [0, 0.05) is 11.0 Å². The van der Waals surface area contributed by atoms with Crippen molar-refractivity contribution >= 4 is 21.9 Å². The number of benzene rings is 1. The molecule has 6 heteroatoms. The summed E-state index contributed by atoms with van der Waals surface area (Å²) in [7, 11) is 0. The number of ether oxygens (including phenoxy) is 2. The molecule has 0 saturated heterocycles. The van der Waals surface area contributed by atoms with E-state index in [1.54, 1.807) is 12.1 Å². The van der Waals surface area contributed by atoms with Gasteiger partial charge in [0.1, 0.15) is 13.2 Å². The molecule has 1 heterocycles. The Morgan fingerprint density at radius 3 is 2.53 bits per heavy atom. The zero-order valence-electron chi connectivity index (χ0n) is 8.98. The third kappa shape index (κ3) is 2.37. The molecular formula is C11H12BrNO4. The summed E-state index contributed by atoms with van der Waals surface area (Å²) in [5.41, 5.74) is 6.08. The second kappa shape index (κ2) is 4.93. The fourth-order valence-electron chi connectivity index (χ4n) is 1.71. The van der Waals surface area contributed by atoms with Crippen LogP contribution in [0.1, 0.15) is 11.5 Å². The number of carboxylic acids is 1. The minimum atomic E-state index is -0.954. The van der Waals surface area contributed by atoms with Crippen molar-refractivity contribution in [1.29, 1.82) is 0 Å². The van der Waals surface area contributed by atoms with Crippen LogP contribution in [0.5, 0.6) is 11.5 Å². The van der Waals surface area contributed by atoms with Crippen LogP contribution in [-0.2, 0) is 4.79 Å². The van der Waals surface area contributed by atoms with Gasteiger partial charge in [0.2, 0.25) is 0 Å². The van der Waals surface area contributed by atoms with Crippen LogP contribution >= 0.6 is 15.9 Å². The molecule has 17 heavy (non-hydrogen) atoms. The van der Waals surface area contributed by atoms with E-state index in [9.17, 15) is 4.79 Å². The molecule has 0 saturated carbocycles. The molecule has 0 aromatic heterocycles. The maximum absolute atomic E-state index is 11.1. The summed E-state index contributed by atoms with van der Waals surface area (Å²) >= 11 is 3.33. The number of aliphatic carboxylic acids is 1. The largest absolute Gasteiger partial charge is 0.486 e. The van der Waals surface area contributed by atoms with Crippen molar-refractivity contribution in [2.75, 3.05) is 19.8 Å². The van der Waals surface area contributed by atoms with Gasteiger partial charge in [-0.1, -0.05) is 15.9 Å². The first-order valence-electron chi connectivity index (χ1n) is 5.15. The molecular weight excluding hydrogens is 290 g/mol. The molecule has 0 spiro atoms. The number of rotatable bonds is 3. The molecule has 0 bridgehead atoms. The molecule has 92 valence electrons. The lowest BCUT2D eigenvalue weighted by Crippen LogP contribution is -2.22. The van der Waals surface area contributed by atoms with E-state index in [1.807, 2.05) is 0 Å². The molecule has 1 aromatic rings. The number of hydrogen-bond acceptors (Lipinski definition) is 4. The molecule has 1 unspecified atom stereocenters. The van der Waals surface area contributed by atoms with E-state index in [1.165, 1.54) is 0 Å². The van der Waals surface area contributed by atoms with Gasteiger partial charge < -0.3 is 20.3 Å². The topological polar surface area (TPSA) is 81.8 Å². The Labute approximate surface area is 107 Å². The Hall–Kier alpha value is -1.27. The minimum Gasteiger partial charge on any atom is -0.486 e. The molecule has 1 aromatic carbocycles. The van der Waals surface area contributed by atoms with Crippen molar-refractivity contribution in [2.24, 2.45) is 5.73 Å². The standard InChI is InChI=1S/C11H12BrNO4/c12-8-4-10-9(16-1-2-17-10)3-6(8)7(5-13)11(14)15/h3-4,7H,1-2,5,13H2,(H,14,15). The van der Waals surface area contributed by atoms with Crippen LogP contribution in [0.3, 0.4) is 0 Å². The summed E-state index contributed by atoms with van der Waals surface area (Å²) < 4.78 is 11.5. The summed E-state index contributed by atoms with van der Waals surface area (Å²) in [4.78, 5) is 11.1. The van der Waals surface area contributed by atoms with E-state index in [-0.39, 0.29) is 6.54 Å². The van der Waals surface area contributed by atoms with Gasteiger partial charge in [-0.15, -0.1) is 0 Å². The van der Waals surface area contributed by atoms with Crippen molar-refractivity contribution in [3.8, 4) is 11.5 Å². The van der Waals surface area contributed by atoms with Gasteiger partial charge in [-0.3, -0.25) is 4.79 Å². The first kappa shape index (κ1) is 12.2. The molecule has 5 nitrogen and oxygen atoms in total. The van der Waals surface area contributed by atoms with E-state index in [0.29, 0.717) is 34.7 Å². The Kier molecular flexibility index (Phi) is 3.54. The Morgan fingerprint density at radius 2 is 2.00 bits per heavy atom. The fourth-order valence-corrected chi connectivity index (χ4v) is 2.31. The summed E-state index contributed by atoms with van der Waals surface area (Å²) in [5, 5.41) is 9.08. The maximum atomic E-state index is 11.1. The summed E-state index contributed by atoms with van der Waals surface area (Å²) in [6, 6.07) is 3.39. The lowest BCUT2D eigenvalue weighted by atomic mass is 9.99. The first-order chi connectivity index (χ1) is 8.13. The van der Waals surface area contributed by atoms with Crippen LogP contribution in [0.4, 0.5) is 0 Å². The lowest BCUT2D eigenvalue weighted by Gasteiger charge is -2.21. The molecule has 0 radical (unpaired) electrons. The van der Waals surface area contributed by atoms with Gasteiger partial charge in [-0.25, -0.2) is 0 Å². The first-order valence-corrected chi connectivity index (χ1v) is 5.94. The SMILES string of the molecule is NCC(C(=O)O)c1cc2c(cc1Br)OCCO2. The highest BCUT2D eigenvalue weighted by molar-refractivity contribution is 9.10. The third-order valence-corrected chi connectivity index (χ3v) is 3.26. The van der Waals surface area contributed by atoms with Crippen molar-refractivity contribution in [1.82, 2.24) is 0 Å². The number of hydrogen-bond donors (Lipinski definition) is 2. The van der Waals surface area contributed by atoms with E-state index in [0.717, 1.165) is 0 Å². The van der Waals surface area contributed by atoms with Crippen molar-refractivity contribution in [3.05, 3.63) is 22.2 Å². The van der Waals surface area contributed by atoms with Crippen LogP contribution in [0.25, 0.3) is 0 Å². The second-order valence-corrected chi connectivity index (χ2v) is 4.50. The van der Waals surface area contributed by atoms with Crippen molar-refractivity contribution < 1.29 is 19.4 Å². The highest BCUT2D eigenvalue weighted by Crippen LogP contribution is 2.38. The smallest absolute Gasteiger partial charge is 0.312 e. The monoisotopic (exact) mass is 301 g/mol. The van der Waals surface area contributed by atoms with Crippen LogP contribution < -0.4 is 15.2 Å². The van der Waals surface area contributed by atoms with Gasteiger partial charge in [0.15, 0.2) is 11.5 Å². The van der Waals surface area contributed by atoms with Gasteiger partial charge in [0.25, 0.3) is 0 Å². The van der Waals surface area contributed by atoms with Crippen LogP contribution in [0, 0.1) is 0 Å². The van der Waals surface area contributed by atoms with Gasteiger partial charge in [-0.05, 0) is 17.7 Å². The Morgan fingerprint density at radius 1 is 1.41 bits per heavy atom. The van der Waals surface area contributed by atoms with Crippen LogP contribution in [0.15, 0.2) is 16.6 Å². The molecule has 2 rings (SSSR count). The number of carbonyl (C=O) groups is 1. The predicted octanol–water partition coefficient (Wildman–Crippen LogP) is 1.35. The lowest BCUT2D eigenvalue weighted by molar-refractivity contribution is -0.138. The molecule has 1 aliphatic rings. The highest BCUT2D eigenvalue weighted by atomic mass is 79.9. The molecule has 0 aliphatic carbocycles. The van der Waals surface area contributed by atoms with Gasteiger partial charge in [0.05, 0.1) is 5.92 Å². The number of carboxylic acid groups (broad SMARTS) is 1. The van der Waals surface area contributed by atoms with Gasteiger partial charge in [-0.2, -0.15) is 0 Å². The summed E-state index contributed by atoms with van der Waals surface area (Å²) in [6.45, 7) is 1.00. The molecule has 1 aliphatic heterocycles. The molecule has 0 amide bonds. The number of nitrogens with two attached hydrogens (primary N) is 1. The molecule has 0 fully saturated rings. The van der Waals surface area contributed by atoms with E-state index >= 15 is 0 Å². The predicted molar refractivity (Wildman–Crippen MR) is 64.6 cm³/mol. The number of fused-ring (bicyclic) bond motifs is 1. The van der Waals surface area contributed by atoms with E-state index in [4.69, 9.17) is 20.3 Å². The van der Waals surface area contributed by atoms with Crippen LogP contribution in [-0.4, -0.2) is 30.8 Å². The highest BCUT2D eigenvalue weighted by Gasteiger charge is 2.24. The Bertz CT molecular complexity index is 449. The van der Waals surface area contributed by atoms with Crippen molar-refractivity contribution in [3.63, 3.8) is 0 Å². The molecule has 1 atom stereocenters. The molecule has 3 N–H and O–H groups in total. The quantitative estimate of drug-likeness (QED) is 0.880. The zero-order valence-corrected chi connectivity index (χ0v) is 10.6. The normalized spacial score (nSPS) is 15.4. The van der Waals surface area contributed by atoms with Crippen LogP contribution in [0.2, 0.25) is 0 Å². The minimum absolute atomic E-state index is 0.0353. The zero-order chi connectivity index (χ0) is 12.4. The average molecular weight is 302 g/mol. The number of halogens is 1. The van der Waals surface area contributed by atoms with Gasteiger partial charge >= 0.3 is 5.97 Å². The maximum Gasteiger partial charge on any atom is 0.312 e. The van der Waals surface area contributed by atoms with E-state index < -0.39 is 11.9 Å². The fraction of sp³-hybridized carbons (Fsp3) is 0.364. The second-order valence-electron chi connectivity index (χ2n) is 3.64. The Balaban J connectivity index is 2.43. The average Bonchev–Trinajstić information content (AvgIpc) is 2.30. The summed E-state index contributed by atoms with van der Waals surface area (Å²) in [5.74, 6) is -0.521. The third-order valence-electron chi connectivity index (χ3n) is 2.57. The van der Waals surface area contributed by atoms with E-state index in [2.05, 4.69) is 15.9 Å². The van der Waals surface area contributed by atoms with Crippen molar-refractivity contribution in [2.45, 2.75) is 5.92 Å². The summed E-state index contributed by atoms with van der Waals surface area (Å²) in [6.07, 6.45) is 0.